The zero-order chi connectivity index (χ0) is 19.0. The molecule has 27 heavy (non-hydrogen) atoms. The molecule has 2 heterocycles. The van der Waals surface area contributed by atoms with E-state index in [0.717, 1.165) is 23.2 Å². The molecule has 0 aliphatic carbocycles. The second-order valence-electron chi connectivity index (χ2n) is 5.77. The first-order valence-electron chi connectivity index (χ1n) is 8.01. The number of fused-ring (bicyclic) bond motifs is 3. The standard InChI is InChI=1S/C18H13F2N5OS/c1-10-23-24-17-18(22-14-4-2-3-5-15(14)25(10)17)27-9-16(26)21-13-7-6-11(19)8-12(13)20/h2-8H,9H2,1H3,(H,21,26). The predicted octanol–water partition coefficient (Wildman–Crippen LogP) is 3.59. The minimum absolute atomic E-state index is 0.0102. The van der Waals surface area contributed by atoms with E-state index >= 15 is 0 Å². The van der Waals surface area contributed by atoms with Gasteiger partial charge in [-0.3, -0.25) is 9.20 Å². The Bertz CT molecular complexity index is 1180. The monoisotopic (exact) mass is 385 g/mol. The molecular weight excluding hydrogens is 372 g/mol. The summed E-state index contributed by atoms with van der Waals surface area (Å²) in [5.74, 6) is -1.26. The quantitative estimate of drug-likeness (QED) is 0.544. The highest BCUT2D eigenvalue weighted by atomic mass is 32.2. The molecule has 0 aliphatic heterocycles. The van der Waals surface area contributed by atoms with E-state index < -0.39 is 17.5 Å². The van der Waals surface area contributed by atoms with Gasteiger partial charge in [-0.15, -0.1) is 10.2 Å². The minimum Gasteiger partial charge on any atom is -0.323 e. The molecular formula is C18H13F2N5OS. The molecule has 0 saturated heterocycles. The van der Waals surface area contributed by atoms with Crippen LogP contribution < -0.4 is 5.32 Å². The molecule has 9 heteroatoms. The lowest BCUT2D eigenvalue weighted by molar-refractivity contribution is -0.113. The van der Waals surface area contributed by atoms with Crippen LogP contribution >= 0.6 is 11.8 Å². The Kier molecular flexibility index (Phi) is 4.44. The number of nitrogens with one attached hydrogen (secondary N) is 1. The van der Waals surface area contributed by atoms with Gasteiger partial charge in [-0.25, -0.2) is 13.8 Å². The topological polar surface area (TPSA) is 72.2 Å². The van der Waals surface area contributed by atoms with E-state index in [0.29, 0.717) is 16.5 Å². The first-order chi connectivity index (χ1) is 13.0. The summed E-state index contributed by atoms with van der Waals surface area (Å²) in [6.07, 6.45) is 0. The first-order valence-corrected chi connectivity index (χ1v) is 8.99. The molecule has 1 N–H and O–H groups in total. The van der Waals surface area contributed by atoms with E-state index in [-0.39, 0.29) is 11.4 Å². The lowest BCUT2D eigenvalue weighted by Gasteiger charge is -2.08. The normalized spacial score (nSPS) is 11.2. The van der Waals surface area contributed by atoms with Crippen molar-refractivity contribution >= 4 is 40.0 Å². The van der Waals surface area contributed by atoms with Crippen molar-refractivity contribution < 1.29 is 13.6 Å². The lowest BCUT2D eigenvalue weighted by atomic mass is 10.3. The summed E-state index contributed by atoms with van der Waals surface area (Å²) < 4.78 is 28.5. The Hall–Kier alpha value is -3.07. The SMILES string of the molecule is Cc1nnc2c(SCC(=O)Nc3ccc(F)cc3F)nc3ccccc3n12. The van der Waals surface area contributed by atoms with Crippen LogP contribution in [0.1, 0.15) is 5.82 Å². The van der Waals surface area contributed by atoms with Gasteiger partial charge < -0.3 is 5.32 Å². The van der Waals surface area contributed by atoms with Gasteiger partial charge >= 0.3 is 0 Å². The number of carbonyl (C=O) groups is 1. The van der Waals surface area contributed by atoms with E-state index in [1.54, 1.807) is 0 Å². The number of rotatable bonds is 4. The van der Waals surface area contributed by atoms with Crippen molar-refractivity contribution in [1.82, 2.24) is 19.6 Å². The third-order valence-electron chi connectivity index (χ3n) is 3.91. The fourth-order valence-corrected chi connectivity index (χ4v) is 3.47. The Labute approximate surface area is 156 Å². The van der Waals surface area contributed by atoms with Crippen molar-refractivity contribution in [3.63, 3.8) is 0 Å². The van der Waals surface area contributed by atoms with Crippen LogP contribution in [0, 0.1) is 18.6 Å². The van der Waals surface area contributed by atoms with Gasteiger partial charge in [0.05, 0.1) is 22.5 Å². The zero-order valence-electron chi connectivity index (χ0n) is 14.1. The van der Waals surface area contributed by atoms with E-state index in [4.69, 9.17) is 0 Å². The lowest BCUT2D eigenvalue weighted by Crippen LogP contribution is -2.15. The molecule has 0 radical (unpaired) electrons. The number of anilines is 1. The molecule has 4 aromatic rings. The van der Waals surface area contributed by atoms with Crippen LogP contribution in [0.4, 0.5) is 14.5 Å². The summed E-state index contributed by atoms with van der Waals surface area (Å²) in [5.41, 5.74) is 2.10. The summed E-state index contributed by atoms with van der Waals surface area (Å²) in [6.45, 7) is 1.84. The highest BCUT2D eigenvalue weighted by Crippen LogP contribution is 2.26. The molecule has 0 saturated carbocycles. The van der Waals surface area contributed by atoms with Gasteiger partial charge in [-0.1, -0.05) is 23.9 Å². The molecule has 0 unspecified atom stereocenters. The van der Waals surface area contributed by atoms with E-state index in [2.05, 4.69) is 20.5 Å². The smallest absolute Gasteiger partial charge is 0.234 e. The van der Waals surface area contributed by atoms with Crippen LogP contribution in [0.3, 0.4) is 0 Å². The maximum atomic E-state index is 13.7. The number of hydrogen-bond donors (Lipinski definition) is 1. The van der Waals surface area contributed by atoms with Crippen LogP contribution in [0.15, 0.2) is 47.5 Å². The largest absolute Gasteiger partial charge is 0.323 e. The number of aromatic nitrogens is 4. The van der Waals surface area contributed by atoms with Gasteiger partial charge in [0.2, 0.25) is 5.91 Å². The molecule has 2 aromatic carbocycles. The van der Waals surface area contributed by atoms with Crippen LogP contribution in [0.2, 0.25) is 0 Å². The highest BCUT2D eigenvalue weighted by molar-refractivity contribution is 8.00. The van der Waals surface area contributed by atoms with Gasteiger partial charge in [0.25, 0.3) is 0 Å². The van der Waals surface area contributed by atoms with Crippen LogP contribution in [-0.2, 0) is 4.79 Å². The van der Waals surface area contributed by atoms with E-state index in [1.807, 2.05) is 35.6 Å². The van der Waals surface area contributed by atoms with Gasteiger partial charge in [0.1, 0.15) is 22.5 Å². The number of halogens is 2. The first kappa shape index (κ1) is 17.3. The maximum absolute atomic E-state index is 13.7. The number of thioether (sulfide) groups is 1. The molecule has 136 valence electrons. The van der Waals surface area contributed by atoms with Crippen LogP contribution in [0.25, 0.3) is 16.7 Å². The fraction of sp³-hybridized carbons (Fsp3) is 0.111. The Morgan fingerprint density at radius 3 is 2.81 bits per heavy atom. The number of nitrogens with zero attached hydrogens (tertiary/aromatic N) is 4. The number of aryl methyl sites for hydroxylation is 1. The average Bonchev–Trinajstić information content (AvgIpc) is 3.04. The van der Waals surface area contributed by atoms with Crippen molar-refractivity contribution in [1.29, 1.82) is 0 Å². The molecule has 6 nitrogen and oxygen atoms in total. The van der Waals surface area contributed by atoms with Crippen LogP contribution in [0.5, 0.6) is 0 Å². The Morgan fingerprint density at radius 2 is 2.00 bits per heavy atom. The summed E-state index contributed by atoms with van der Waals surface area (Å²) in [4.78, 5) is 16.7. The molecule has 1 amide bonds. The summed E-state index contributed by atoms with van der Waals surface area (Å²) in [7, 11) is 0. The molecule has 0 bridgehead atoms. The summed E-state index contributed by atoms with van der Waals surface area (Å²) >= 11 is 1.17. The van der Waals surface area contributed by atoms with Crippen molar-refractivity contribution in [2.75, 3.05) is 11.1 Å². The Balaban J connectivity index is 1.59. The summed E-state index contributed by atoms with van der Waals surface area (Å²) in [6, 6.07) is 10.5. The zero-order valence-corrected chi connectivity index (χ0v) is 14.9. The number of amides is 1. The molecule has 0 fully saturated rings. The van der Waals surface area contributed by atoms with Crippen molar-refractivity contribution in [3.8, 4) is 0 Å². The third kappa shape index (κ3) is 3.33. The van der Waals surface area contributed by atoms with E-state index in [9.17, 15) is 13.6 Å². The van der Waals surface area contributed by atoms with Crippen molar-refractivity contribution in [3.05, 3.63) is 59.9 Å². The van der Waals surface area contributed by atoms with Gasteiger partial charge in [0.15, 0.2) is 5.65 Å². The highest BCUT2D eigenvalue weighted by Gasteiger charge is 2.15. The van der Waals surface area contributed by atoms with Crippen LogP contribution in [-0.4, -0.2) is 31.2 Å². The molecule has 0 spiro atoms. The van der Waals surface area contributed by atoms with Crippen molar-refractivity contribution in [2.24, 2.45) is 0 Å². The number of hydrogen-bond acceptors (Lipinski definition) is 5. The molecule has 0 aliphatic rings. The van der Waals surface area contributed by atoms with Gasteiger partial charge in [0, 0.05) is 6.07 Å². The number of carbonyl (C=O) groups excluding carboxylic acids is 1. The van der Waals surface area contributed by atoms with Crippen molar-refractivity contribution in [2.45, 2.75) is 11.9 Å². The van der Waals surface area contributed by atoms with Gasteiger partial charge in [-0.2, -0.15) is 0 Å². The Morgan fingerprint density at radius 1 is 1.19 bits per heavy atom. The fourth-order valence-electron chi connectivity index (χ4n) is 2.70. The second kappa shape index (κ2) is 6.92. The minimum atomic E-state index is -0.826. The second-order valence-corrected chi connectivity index (χ2v) is 6.74. The van der Waals surface area contributed by atoms with E-state index in [1.165, 1.54) is 17.8 Å². The maximum Gasteiger partial charge on any atom is 0.234 e. The number of benzene rings is 2. The predicted molar refractivity (Wildman–Crippen MR) is 98.7 cm³/mol. The van der Waals surface area contributed by atoms with Gasteiger partial charge in [-0.05, 0) is 31.2 Å². The number of para-hydroxylation sites is 2. The average molecular weight is 385 g/mol. The molecule has 4 rings (SSSR count). The third-order valence-corrected chi connectivity index (χ3v) is 4.86. The summed E-state index contributed by atoms with van der Waals surface area (Å²) in [5, 5.41) is 11.2. The molecule has 2 aromatic heterocycles. The molecule has 0 atom stereocenters.